The van der Waals surface area contributed by atoms with Crippen LogP contribution in [-0.4, -0.2) is 45.5 Å². The van der Waals surface area contributed by atoms with E-state index in [2.05, 4.69) is 15.0 Å². The molecule has 0 radical (unpaired) electrons. The van der Waals surface area contributed by atoms with E-state index in [0.29, 0.717) is 24.4 Å². The zero-order valence-electron chi connectivity index (χ0n) is 13.4. The second-order valence-corrected chi connectivity index (χ2v) is 5.80. The molecular formula is C16H19N5O2. The number of hydrogen-bond donors (Lipinski definition) is 2. The van der Waals surface area contributed by atoms with E-state index in [4.69, 9.17) is 10.00 Å². The Morgan fingerprint density at radius 3 is 2.78 bits per heavy atom. The van der Waals surface area contributed by atoms with Crippen LogP contribution in [0.1, 0.15) is 45.9 Å². The van der Waals surface area contributed by atoms with Gasteiger partial charge in [0.25, 0.3) is 5.91 Å². The molecular weight excluding hydrogens is 294 g/mol. The van der Waals surface area contributed by atoms with Crippen LogP contribution in [0.3, 0.4) is 0 Å². The molecule has 120 valence electrons. The number of nitrogens with zero attached hydrogens (tertiary/aromatic N) is 3. The summed E-state index contributed by atoms with van der Waals surface area (Å²) in [6, 6.07) is 5.08. The highest BCUT2D eigenvalue weighted by Gasteiger charge is 2.38. The summed E-state index contributed by atoms with van der Waals surface area (Å²) in [5.41, 5.74) is 2.71. The minimum Gasteiger partial charge on any atom is -0.380 e. The van der Waals surface area contributed by atoms with Gasteiger partial charge in [0.1, 0.15) is 23.3 Å². The molecule has 2 N–H and O–H groups in total. The van der Waals surface area contributed by atoms with Gasteiger partial charge in [0.15, 0.2) is 0 Å². The smallest absolute Gasteiger partial charge is 0.271 e. The predicted molar refractivity (Wildman–Crippen MR) is 82.8 cm³/mol. The lowest BCUT2D eigenvalue weighted by Crippen LogP contribution is -2.32. The largest absolute Gasteiger partial charge is 0.380 e. The Labute approximate surface area is 134 Å². The van der Waals surface area contributed by atoms with Crippen molar-refractivity contribution in [2.75, 3.05) is 13.7 Å². The molecule has 2 aromatic rings. The molecule has 1 saturated heterocycles. The minimum absolute atomic E-state index is 0.0277. The summed E-state index contributed by atoms with van der Waals surface area (Å²) in [6.07, 6.45) is 0.667. The molecule has 2 atom stereocenters. The van der Waals surface area contributed by atoms with Crippen molar-refractivity contribution in [3.05, 3.63) is 40.7 Å². The van der Waals surface area contributed by atoms with Crippen molar-refractivity contribution in [2.45, 2.75) is 32.4 Å². The van der Waals surface area contributed by atoms with Crippen LogP contribution in [0, 0.1) is 25.2 Å². The molecule has 0 saturated carbocycles. The first-order valence-electron chi connectivity index (χ1n) is 7.49. The number of carbonyl (C=O) groups is 1. The number of carbonyl (C=O) groups excluding carboxylic acids is 1. The Kier molecular flexibility index (Phi) is 3.92. The number of imidazole rings is 1. The Morgan fingerprint density at radius 1 is 1.43 bits per heavy atom. The van der Waals surface area contributed by atoms with E-state index >= 15 is 0 Å². The van der Waals surface area contributed by atoms with Gasteiger partial charge in [-0.1, -0.05) is 0 Å². The molecule has 0 aliphatic carbocycles. The van der Waals surface area contributed by atoms with Crippen LogP contribution in [-0.2, 0) is 4.74 Å². The van der Waals surface area contributed by atoms with E-state index in [-0.39, 0.29) is 18.1 Å². The molecule has 7 heteroatoms. The summed E-state index contributed by atoms with van der Waals surface area (Å²) in [7, 11) is 1.65. The maximum absolute atomic E-state index is 12.8. The zero-order chi connectivity index (χ0) is 16.6. The lowest BCUT2D eigenvalue weighted by molar-refractivity contribution is 0.0679. The summed E-state index contributed by atoms with van der Waals surface area (Å²) in [4.78, 5) is 25.2. The van der Waals surface area contributed by atoms with E-state index < -0.39 is 0 Å². The Hall–Kier alpha value is -2.59. The average Bonchev–Trinajstić information content (AvgIpc) is 3.25. The number of aromatic amines is 2. The Bertz CT molecular complexity index is 750. The normalized spacial score (nSPS) is 20.7. The van der Waals surface area contributed by atoms with Crippen LogP contribution in [0.5, 0.6) is 0 Å². The van der Waals surface area contributed by atoms with Gasteiger partial charge in [-0.15, -0.1) is 0 Å². The molecule has 23 heavy (non-hydrogen) atoms. The van der Waals surface area contributed by atoms with Crippen LogP contribution in [0.15, 0.2) is 12.1 Å². The monoisotopic (exact) mass is 313 g/mol. The summed E-state index contributed by atoms with van der Waals surface area (Å²) in [6.45, 7) is 4.40. The molecule has 2 aromatic heterocycles. The van der Waals surface area contributed by atoms with Crippen molar-refractivity contribution in [3.63, 3.8) is 0 Å². The number of ether oxygens (including phenoxy) is 1. The predicted octanol–water partition coefficient (Wildman–Crippen LogP) is 1.83. The van der Waals surface area contributed by atoms with Crippen molar-refractivity contribution < 1.29 is 9.53 Å². The summed E-state index contributed by atoms with van der Waals surface area (Å²) >= 11 is 0. The fourth-order valence-electron chi connectivity index (χ4n) is 2.92. The van der Waals surface area contributed by atoms with Gasteiger partial charge in [-0.25, -0.2) is 4.98 Å². The van der Waals surface area contributed by atoms with Gasteiger partial charge in [0.05, 0.1) is 17.8 Å². The number of nitriles is 1. The van der Waals surface area contributed by atoms with E-state index in [1.54, 1.807) is 24.1 Å². The lowest BCUT2D eigenvalue weighted by atomic mass is 10.2. The van der Waals surface area contributed by atoms with Gasteiger partial charge in [-0.3, -0.25) is 4.79 Å². The maximum Gasteiger partial charge on any atom is 0.271 e. The van der Waals surface area contributed by atoms with Gasteiger partial charge in [0, 0.05) is 25.8 Å². The number of amides is 1. The van der Waals surface area contributed by atoms with E-state index in [9.17, 15) is 4.79 Å². The third-order valence-corrected chi connectivity index (χ3v) is 4.36. The van der Waals surface area contributed by atoms with Crippen LogP contribution in [0.2, 0.25) is 0 Å². The van der Waals surface area contributed by atoms with Gasteiger partial charge >= 0.3 is 0 Å². The number of hydrogen-bond acceptors (Lipinski definition) is 4. The fourth-order valence-corrected chi connectivity index (χ4v) is 2.92. The third-order valence-electron chi connectivity index (χ3n) is 4.36. The Morgan fingerprint density at radius 2 is 2.22 bits per heavy atom. The molecule has 1 fully saturated rings. The van der Waals surface area contributed by atoms with Gasteiger partial charge in [-0.2, -0.15) is 5.26 Å². The molecule has 0 bridgehead atoms. The first kappa shape index (κ1) is 15.3. The van der Waals surface area contributed by atoms with Crippen molar-refractivity contribution in [3.8, 4) is 6.07 Å². The highest BCUT2D eigenvalue weighted by atomic mass is 16.5. The highest BCUT2D eigenvalue weighted by molar-refractivity contribution is 5.93. The summed E-state index contributed by atoms with van der Waals surface area (Å²) < 4.78 is 5.44. The molecule has 0 aromatic carbocycles. The Balaban J connectivity index is 1.91. The third kappa shape index (κ3) is 2.73. The van der Waals surface area contributed by atoms with E-state index in [1.807, 2.05) is 19.9 Å². The van der Waals surface area contributed by atoms with Gasteiger partial charge < -0.3 is 19.6 Å². The van der Waals surface area contributed by atoms with Crippen molar-refractivity contribution in [1.82, 2.24) is 19.9 Å². The number of aryl methyl sites for hydroxylation is 2. The molecule has 1 aliphatic heterocycles. The highest BCUT2D eigenvalue weighted by Crippen LogP contribution is 2.33. The molecule has 3 heterocycles. The summed E-state index contributed by atoms with van der Waals surface area (Å²) in [5, 5.41) is 8.90. The number of likely N-dealkylation sites (tertiary alicyclic amines) is 1. The number of rotatable bonds is 3. The molecule has 0 spiro atoms. The van der Waals surface area contributed by atoms with Crippen molar-refractivity contribution in [2.24, 2.45) is 0 Å². The van der Waals surface area contributed by atoms with Crippen LogP contribution in [0.4, 0.5) is 0 Å². The standard InChI is InChI=1S/C16H19N5O2/c1-9-10(2)19-15(18-9)14-6-12(23-3)8-21(14)16(22)13-5-4-11(7-17)20-13/h4-5,12,14,20H,6,8H2,1-3H3,(H,18,19)/t12-,14+/m1/s1. The molecule has 3 rings (SSSR count). The first-order valence-corrected chi connectivity index (χ1v) is 7.49. The average molecular weight is 313 g/mol. The first-order chi connectivity index (χ1) is 11.0. The fraction of sp³-hybridized carbons (Fsp3) is 0.438. The second-order valence-electron chi connectivity index (χ2n) is 5.80. The number of H-pyrrole nitrogens is 2. The quantitative estimate of drug-likeness (QED) is 0.903. The number of aromatic nitrogens is 3. The van der Waals surface area contributed by atoms with Crippen LogP contribution in [0.25, 0.3) is 0 Å². The van der Waals surface area contributed by atoms with Gasteiger partial charge in [0.2, 0.25) is 0 Å². The van der Waals surface area contributed by atoms with Crippen LogP contribution < -0.4 is 0 Å². The van der Waals surface area contributed by atoms with Gasteiger partial charge in [-0.05, 0) is 26.0 Å². The minimum atomic E-state index is -0.159. The number of methoxy groups -OCH3 is 1. The molecule has 1 amide bonds. The maximum atomic E-state index is 12.8. The molecule has 1 aliphatic rings. The summed E-state index contributed by atoms with van der Waals surface area (Å²) in [5.74, 6) is 0.628. The van der Waals surface area contributed by atoms with Crippen LogP contribution >= 0.6 is 0 Å². The molecule has 7 nitrogen and oxygen atoms in total. The van der Waals surface area contributed by atoms with Crippen molar-refractivity contribution in [1.29, 1.82) is 5.26 Å². The SMILES string of the molecule is CO[C@@H]1C[C@@H](c2nc(C)c(C)[nH]2)N(C(=O)c2ccc(C#N)[nH]2)C1. The van der Waals surface area contributed by atoms with Crippen molar-refractivity contribution >= 4 is 5.91 Å². The lowest BCUT2D eigenvalue weighted by Gasteiger charge is -2.22. The zero-order valence-corrected chi connectivity index (χ0v) is 13.4. The second kappa shape index (κ2) is 5.89. The van der Waals surface area contributed by atoms with E-state index in [0.717, 1.165) is 17.2 Å². The van der Waals surface area contributed by atoms with E-state index in [1.165, 1.54) is 0 Å². The number of nitrogens with one attached hydrogen (secondary N) is 2. The molecule has 0 unspecified atom stereocenters. The topological polar surface area (TPSA) is 97.8 Å².